The number of allylic oxidation sites excluding steroid dienone is 1. The summed E-state index contributed by atoms with van der Waals surface area (Å²) in [5, 5.41) is 0.533. The molecule has 0 spiro atoms. The molecule has 0 saturated heterocycles. The molecule has 2 heterocycles. The number of rotatable bonds is 6. The van der Waals surface area contributed by atoms with Gasteiger partial charge in [0.15, 0.2) is 4.80 Å². The van der Waals surface area contributed by atoms with Gasteiger partial charge in [0.2, 0.25) is 0 Å². The van der Waals surface area contributed by atoms with Crippen molar-refractivity contribution in [2.24, 2.45) is 4.99 Å². The molecule has 176 valence electrons. The second-order valence-corrected chi connectivity index (χ2v) is 8.85. The van der Waals surface area contributed by atoms with Crippen LogP contribution >= 0.6 is 22.9 Å². The molecule has 0 saturated carbocycles. The number of benzene rings is 2. The first-order chi connectivity index (χ1) is 16.4. The molecule has 9 heteroatoms. The van der Waals surface area contributed by atoms with E-state index in [0.717, 1.165) is 0 Å². The summed E-state index contributed by atoms with van der Waals surface area (Å²) in [6, 6.07) is 11.7. The Morgan fingerprint density at radius 2 is 1.97 bits per heavy atom. The fourth-order valence-electron chi connectivity index (χ4n) is 3.86. The number of hydrogen-bond donors (Lipinski definition) is 0. The molecule has 1 atom stereocenters. The second kappa shape index (κ2) is 9.87. The minimum atomic E-state index is -0.787. The third-order valence-corrected chi connectivity index (χ3v) is 6.77. The van der Waals surface area contributed by atoms with E-state index in [9.17, 15) is 9.59 Å². The molecule has 3 aromatic rings. The van der Waals surface area contributed by atoms with Crippen LogP contribution < -0.4 is 24.4 Å². The second-order valence-electron chi connectivity index (χ2n) is 7.43. The van der Waals surface area contributed by atoms with E-state index in [-0.39, 0.29) is 17.7 Å². The van der Waals surface area contributed by atoms with Crippen LogP contribution in [0.25, 0.3) is 6.08 Å². The number of nitrogens with zero attached hydrogens (tertiary/aromatic N) is 2. The lowest BCUT2D eigenvalue weighted by Crippen LogP contribution is -2.40. The van der Waals surface area contributed by atoms with Gasteiger partial charge in [-0.15, -0.1) is 0 Å². The van der Waals surface area contributed by atoms with Crippen LogP contribution in [0.3, 0.4) is 0 Å². The van der Waals surface area contributed by atoms with Crippen LogP contribution in [0.5, 0.6) is 11.5 Å². The number of esters is 1. The largest absolute Gasteiger partial charge is 0.497 e. The van der Waals surface area contributed by atoms with Crippen molar-refractivity contribution in [3.63, 3.8) is 0 Å². The van der Waals surface area contributed by atoms with Crippen molar-refractivity contribution >= 4 is 35.0 Å². The van der Waals surface area contributed by atoms with Gasteiger partial charge in [-0.05, 0) is 43.7 Å². The number of halogens is 1. The van der Waals surface area contributed by atoms with E-state index in [1.54, 1.807) is 51.3 Å². The molecule has 1 aliphatic rings. The Balaban J connectivity index is 2.01. The van der Waals surface area contributed by atoms with Gasteiger partial charge in [0, 0.05) is 16.7 Å². The maximum absolute atomic E-state index is 13.7. The standard InChI is InChI=1S/C25H23ClN2O5S/c1-5-33-24(30)21-14(2)27-25-28(22(21)17-11-10-16(31-3)13-19(17)32-4)23(29)20(34-25)12-15-8-6-7-9-18(15)26/h6-13,22H,5H2,1-4H3/b20-12-/t22-/m1/s1. The van der Waals surface area contributed by atoms with Crippen LogP contribution in [0.4, 0.5) is 0 Å². The molecule has 2 aromatic carbocycles. The van der Waals surface area contributed by atoms with Gasteiger partial charge in [-0.1, -0.05) is 41.1 Å². The predicted octanol–water partition coefficient (Wildman–Crippen LogP) is 3.47. The number of hydrogen-bond acceptors (Lipinski definition) is 7. The minimum absolute atomic E-state index is 0.193. The third kappa shape index (κ3) is 4.26. The van der Waals surface area contributed by atoms with Crippen molar-refractivity contribution in [1.29, 1.82) is 0 Å². The monoisotopic (exact) mass is 498 g/mol. The number of carbonyl (C=O) groups is 1. The zero-order chi connectivity index (χ0) is 24.4. The van der Waals surface area contributed by atoms with E-state index < -0.39 is 12.0 Å². The lowest BCUT2D eigenvalue weighted by molar-refractivity contribution is -0.139. The van der Waals surface area contributed by atoms with Crippen molar-refractivity contribution < 1.29 is 19.0 Å². The highest BCUT2D eigenvalue weighted by molar-refractivity contribution is 7.07. The number of carbonyl (C=O) groups excluding carboxylic acids is 1. The summed E-state index contributed by atoms with van der Waals surface area (Å²) in [4.78, 5) is 31.8. The van der Waals surface area contributed by atoms with E-state index in [0.29, 0.717) is 42.7 Å². The zero-order valence-electron chi connectivity index (χ0n) is 19.1. The number of fused-ring (bicyclic) bond motifs is 1. The van der Waals surface area contributed by atoms with Crippen molar-refractivity contribution in [3.8, 4) is 11.5 Å². The summed E-state index contributed by atoms with van der Waals surface area (Å²) < 4.78 is 18.2. The lowest BCUT2D eigenvalue weighted by atomic mass is 9.95. The van der Waals surface area contributed by atoms with Gasteiger partial charge in [0.25, 0.3) is 5.56 Å². The Bertz CT molecular complexity index is 1470. The van der Waals surface area contributed by atoms with Gasteiger partial charge >= 0.3 is 5.97 Å². The van der Waals surface area contributed by atoms with Crippen LogP contribution in [0.15, 0.2) is 63.5 Å². The smallest absolute Gasteiger partial charge is 0.338 e. The summed E-state index contributed by atoms with van der Waals surface area (Å²) in [6.45, 7) is 3.66. The maximum atomic E-state index is 13.7. The first-order valence-corrected chi connectivity index (χ1v) is 11.7. The topological polar surface area (TPSA) is 79.1 Å². The molecule has 0 N–H and O–H groups in total. The average molecular weight is 499 g/mol. The third-order valence-electron chi connectivity index (χ3n) is 5.44. The van der Waals surface area contributed by atoms with Crippen LogP contribution in [0, 0.1) is 0 Å². The summed E-state index contributed by atoms with van der Waals surface area (Å²) in [5.74, 6) is 0.527. The molecule has 7 nitrogen and oxygen atoms in total. The van der Waals surface area contributed by atoms with E-state index >= 15 is 0 Å². The number of ether oxygens (including phenoxy) is 3. The van der Waals surface area contributed by atoms with E-state index in [4.69, 9.17) is 25.8 Å². The zero-order valence-corrected chi connectivity index (χ0v) is 20.7. The van der Waals surface area contributed by atoms with Crippen LogP contribution in [0.2, 0.25) is 5.02 Å². The summed E-state index contributed by atoms with van der Waals surface area (Å²) in [5.41, 5.74) is 1.80. The SMILES string of the molecule is CCOC(=O)C1=C(C)N=c2s/c(=C\c3ccccc3Cl)c(=O)n2[C@@H]1c1ccc(OC)cc1OC. The number of aromatic nitrogens is 1. The molecule has 1 aromatic heterocycles. The maximum Gasteiger partial charge on any atom is 0.338 e. The van der Waals surface area contributed by atoms with E-state index in [1.807, 2.05) is 18.2 Å². The Hall–Kier alpha value is -3.36. The van der Waals surface area contributed by atoms with Crippen molar-refractivity contribution in [2.75, 3.05) is 20.8 Å². The van der Waals surface area contributed by atoms with Crippen LogP contribution in [0.1, 0.15) is 31.0 Å². The van der Waals surface area contributed by atoms with E-state index in [1.165, 1.54) is 23.0 Å². The molecular weight excluding hydrogens is 476 g/mol. The molecule has 0 radical (unpaired) electrons. The summed E-state index contributed by atoms with van der Waals surface area (Å²) >= 11 is 7.55. The van der Waals surface area contributed by atoms with Crippen molar-refractivity contribution in [1.82, 2.24) is 4.57 Å². The molecule has 0 amide bonds. The average Bonchev–Trinajstić information content (AvgIpc) is 3.13. The van der Waals surface area contributed by atoms with Crippen molar-refractivity contribution in [3.05, 3.63) is 89.6 Å². The quantitative estimate of drug-likeness (QED) is 0.486. The summed E-state index contributed by atoms with van der Waals surface area (Å²) in [7, 11) is 3.08. The molecular formula is C25H23ClN2O5S. The Morgan fingerprint density at radius 1 is 1.21 bits per heavy atom. The predicted molar refractivity (Wildman–Crippen MR) is 131 cm³/mol. The molecule has 0 bridgehead atoms. The van der Waals surface area contributed by atoms with Gasteiger partial charge in [0.1, 0.15) is 17.5 Å². The highest BCUT2D eigenvalue weighted by atomic mass is 35.5. The number of methoxy groups -OCH3 is 2. The molecule has 0 fully saturated rings. The summed E-state index contributed by atoms with van der Waals surface area (Å²) in [6.07, 6.45) is 1.73. The van der Waals surface area contributed by atoms with Gasteiger partial charge in [-0.25, -0.2) is 9.79 Å². The highest BCUT2D eigenvalue weighted by Gasteiger charge is 2.35. The van der Waals surface area contributed by atoms with Crippen LogP contribution in [-0.4, -0.2) is 31.4 Å². The molecule has 34 heavy (non-hydrogen) atoms. The Morgan fingerprint density at radius 3 is 2.65 bits per heavy atom. The van der Waals surface area contributed by atoms with Gasteiger partial charge < -0.3 is 14.2 Å². The minimum Gasteiger partial charge on any atom is -0.497 e. The van der Waals surface area contributed by atoms with E-state index in [2.05, 4.69) is 4.99 Å². The Labute approximate surface area is 205 Å². The fraction of sp³-hybridized carbons (Fsp3) is 0.240. The first kappa shape index (κ1) is 23.8. The van der Waals surface area contributed by atoms with Gasteiger partial charge in [-0.3, -0.25) is 9.36 Å². The van der Waals surface area contributed by atoms with Crippen LogP contribution in [-0.2, 0) is 9.53 Å². The fourth-order valence-corrected chi connectivity index (χ4v) is 5.09. The first-order valence-electron chi connectivity index (χ1n) is 10.6. The molecule has 0 unspecified atom stereocenters. The van der Waals surface area contributed by atoms with Crippen molar-refractivity contribution in [2.45, 2.75) is 19.9 Å². The molecule has 1 aliphatic heterocycles. The lowest BCUT2D eigenvalue weighted by Gasteiger charge is -2.26. The normalized spacial score (nSPS) is 15.6. The van der Waals surface area contributed by atoms with Gasteiger partial charge in [0.05, 0.1) is 36.6 Å². The number of thiazole rings is 1. The molecule has 4 rings (SSSR count). The van der Waals surface area contributed by atoms with Gasteiger partial charge in [-0.2, -0.15) is 0 Å². The highest BCUT2D eigenvalue weighted by Crippen LogP contribution is 2.37. The Kier molecular flexibility index (Phi) is 6.90. The molecule has 0 aliphatic carbocycles.